The molecule has 0 radical (unpaired) electrons. The Morgan fingerprint density at radius 2 is 1.78 bits per heavy atom. The number of aliphatic hydroxyl groups is 1. The monoisotopic (exact) mass is 510 g/mol. The molecular weight excluding hydrogens is 476 g/mol. The first-order valence-corrected chi connectivity index (χ1v) is 12.1. The van der Waals surface area contributed by atoms with Gasteiger partial charge in [0.25, 0.3) is 11.7 Å². The van der Waals surface area contributed by atoms with Gasteiger partial charge in [-0.15, -0.1) is 0 Å². The molecule has 0 spiro atoms. The number of amides is 1. The molecule has 198 valence electrons. The minimum atomic E-state index is -0.892. The van der Waals surface area contributed by atoms with Crippen molar-refractivity contribution in [3.63, 3.8) is 0 Å². The average molecular weight is 511 g/mol. The molecule has 1 unspecified atom stereocenters. The Morgan fingerprint density at radius 1 is 1.08 bits per heavy atom. The van der Waals surface area contributed by atoms with Crippen molar-refractivity contribution in [1.82, 2.24) is 9.80 Å². The minimum absolute atomic E-state index is 0.0377. The molecule has 1 N–H and O–H groups in total. The first kappa shape index (κ1) is 27.7. The number of ketones is 1. The molecule has 2 aromatic carbocycles. The van der Waals surface area contributed by atoms with Gasteiger partial charge < -0.3 is 29.1 Å². The van der Waals surface area contributed by atoms with Crippen molar-refractivity contribution in [1.29, 1.82) is 0 Å². The van der Waals surface area contributed by atoms with Gasteiger partial charge in [0, 0.05) is 25.6 Å². The van der Waals surface area contributed by atoms with E-state index in [0.29, 0.717) is 35.8 Å². The molecule has 37 heavy (non-hydrogen) atoms. The summed E-state index contributed by atoms with van der Waals surface area (Å²) in [7, 11) is 5.17. The summed E-state index contributed by atoms with van der Waals surface area (Å²) in [6.45, 7) is 6.44. The maximum Gasteiger partial charge on any atom is 0.308 e. The van der Waals surface area contributed by atoms with Gasteiger partial charge in [-0.25, -0.2) is 0 Å². The van der Waals surface area contributed by atoms with Gasteiger partial charge in [-0.2, -0.15) is 0 Å². The number of carbonyl (C=O) groups excluding carboxylic acids is 3. The topological polar surface area (TPSA) is 106 Å². The number of hydrogen-bond acceptors (Lipinski definition) is 8. The molecule has 9 nitrogen and oxygen atoms in total. The summed E-state index contributed by atoms with van der Waals surface area (Å²) in [5.74, 6) is -1.17. The van der Waals surface area contributed by atoms with Gasteiger partial charge in [0.2, 0.25) is 0 Å². The number of carbonyl (C=O) groups is 3. The number of hydrogen-bond donors (Lipinski definition) is 1. The third-order valence-corrected chi connectivity index (χ3v) is 6.00. The Labute approximate surface area is 217 Å². The summed E-state index contributed by atoms with van der Waals surface area (Å²) in [5, 5.41) is 11.4. The highest BCUT2D eigenvalue weighted by Crippen LogP contribution is 2.42. The lowest BCUT2D eigenvalue weighted by molar-refractivity contribution is -0.140. The van der Waals surface area contributed by atoms with Crippen LogP contribution in [0.15, 0.2) is 42.0 Å². The molecule has 1 heterocycles. The lowest BCUT2D eigenvalue weighted by Crippen LogP contribution is -2.35. The summed E-state index contributed by atoms with van der Waals surface area (Å²) >= 11 is 0. The predicted octanol–water partition coefficient (Wildman–Crippen LogP) is 3.70. The number of likely N-dealkylation sites (N-methyl/N-ethyl adjacent to an activating group) is 1. The zero-order valence-electron chi connectivity index (χ0n) is 22.2. The molecule has 1 amide bonds. The molecule has 1 fully saturated rings. The van der Waals surface area contributed by atoms with E-state index in [-0.39, 0.29) is 23.6 Å². The number of methoxy groups -OCH3 is 1. The Bertz CT molecular complexity index is 1220. The fraction of sp³-hybridized carbons (Fsp3) is 0.393. The molecule has 2 aromatic rings. The van der Waals surface area contributed by atoms with Crippen LogP contribution in [0.4, 0.5) is 0 Å². The third kappa shape index (κ3) is 6.11. The summed E-state index contributed by atoms with van der Waals surface area (Å²) in [6.07, 6.45) is 0.856. The molecule has 0 aliphatic carbocycles. The number of benzene rings is 2. The summed E-state index contributed by atoms with van der Waals surface area (Å²) in [4.78, 5) is 41.4. The van der Waals surface area contributed by atoms with E-state index in [2.05, 4.69) is 0 Å². The first-order chi connectivity index (χ1) is 17.6. The number of rotatable bonds is 10. The van der Waals surface area contributed by atoms with Gasteiger partial charge in [-0.3, -0.25) is 14.4 Å². The van der Waals surface area contributed by atoms with E-state index < -0.39 is 23.7 Å². The summed E-state index contributed by atoms with van der Waals surface area (Å²) in [6, 6.07) is 9.08. The van der Waals surface area contributed by atoms with Crippen molar-refractivity contribution in [2.45, 2.75) is 33.2 Å². The minimum Gasteiger partial charge on any atom is -0.507 e. The number of likely N-dealkylation sites (tertiary alicyclic amines) is 1. The zero-order valence-corrected chi connectivity index (χ0v) is 22.2. The summed E-state index contributed by atoms with van der Waals surface area (Å²) < 4.78 is 16.3. The summed E-state index contributed by atoms with van der Waals surface area (Å²) in [5.41, 5.74) is 1.64. The second-order valence-corrected chi connectivity index (χ2v) is 9.13. The Balaban J connectivity index is 2.17. The largest absolute Gasteiger partial charge is 0.507 e. The van der Waals surface area contributed by atoms with E-state index in [1.54, 1.807) is 36.4 Å². The molecule has 3 rings (SSSR count). The van der Waals surface area contributed by atoms with Crippen LogP contribution in [-0.2, 0) is 14.4 Å². The number of aliphatic hydroxyl groups excluding tert-OH is 1. The van der Waals surface area contributed by atoms with E-state index in [4.69, 9.17) is 14.2 Å². The van der Waals surface area contributed by atoms with Crippen LogP contribution in [0, 0.1) is 6.92 Å². The third-order valence-electron chi connectivity index (χ3n) is 6.00. The van der Waals surface area contributed by atoms with Crippen molar-refractivity contribution >= 4 is 23.4 Å². The number of esters is 1. The van der Waals surface area contributed by atoms with Crippen LogP contribution in [0.2, 0.25) is 0 Å². The maximum atomic E-state index is 13.3. The molecule has 1 saturated heterocycles. The van der Waals surface area contributed by atoms with Crippen molar-refractivity contribution in [2.75, 3.05) is 40.9 Å². The van der Waals surface area contributed by atoms with Gasteiger partial charge in [-0.1, -0.05) is 13.0 Å². The molecule has 0 saturated carbocycles. The lowest BCUT2D eigenvalue weighted by atomic mass is 9.94. The SMILES string of the molecule is CCCOc1ccc(/C(O)=C2/C(=O)C(=O)N(CCN(C)C)C2c2ccc(OC)c(OC(C)=O)c2)cc1C. The van der Waals surface area contributed by atoms with Gasteiger partial charge in [0.1, 0.15) is 11.5 Å². The van der Waals surface area contributed by atoms with Crippen molar-refractivity contribution in [3.05, 3.63) is 58.7 Å². The standard InChI is InChI=1S/C28H34N2O7/c1-7-14-36-21-10-9-20(15-17(21)2)26(32)24-25(30(13-12-29(4)5)28(34)27(24)33)19-8-11-22(35-6)23(16-19)37-18(3)31/h8-11,15-16,25,32H,7,12-14H2,1-6H3/b26-24-. The Morgan fingerprint density at radius 3 is 2.38 bits per heavy atom. The number of Topliss-reactive ketones (excluding diaryl/α,β-unsaturated/α-hetero) is 1. The van der Waals surface area contributed by atoms with Crippen LogP contribution >= 0.6 is 0 Å². The first-order valence-electron chi connectivity index (χ1n) is 12.1. The van der Waals surface area contributed by atoms with Crippen molar-refractivity contribution in [3.8, 4) is 17.2 Å². The van der Waals surface area contributed by atoms with Crippen LogP contribution in [-0.4, -0.2) is 73.5 Å². The molecule has 1 aliphatic heterocycles. The molecule has 0 bridgehead atoms. The van der Waals surface area contributed by atoms with E-state index in [0.717, 1.165) is 12.0 Å². The Hall–Kier alpha value is -3.85. The van der Waals surface area contributed by atoms with Crippen LogP contribution in [0.3, 0.4) is 0 Å². The molecular formula is C28H34N2O7. The molecule has 1 aliphatic rings. The van der Waals surface area contributed by atoms with Crippen molar-refractivity contribution in [2.24, 2.45) is 0 Å². The molecule has 1 atom stereocenters. The second kappa shape index (κ2) is 11.9. The molecule has 9 heteroatoms. The molecule has 0 aromatic heterocycles. The fourth-order valence-electron chi connectivity index (χ4n) is 4.19. The van der Waals surface area contributed by atoms with Crippen LogP contribution in [0.25, 0.3) is 5.76 Å². The van der Waals surface area contributed by atoms with Gasteiger partial charge in [0.05, 0.1) is 25.3 Å². The van der Waals surface area contributed by atoms with Crippen molar-refractivity contribution < 1.29 is 33.7 Å². The van der Waals surface area contributed by atoms with E-state index in [1.807, 2.05) is 32.8 Å². The quantitative estimate of drug-likeness (QED) is 0.170. The number of ether oxygens (including phenoxy) is 3. The highest BCUT2D eigenvalue weighted by molar-refractivity contribution is 6.46. The van der Waals surface area contributed by atoms with E-state index >= 15 is 0 Å². The number of aryl methyl sites for hydroxylation is 1. The van der Waals surface area contributed by atoms with Gasteiger partial charge in [0.15, 0.2) is 11.5 Å². The maximum absolute atomic E-state index is 13.3. The van der Waals surface area contributed by atoms with Crippen LogP contribution in [0.1, 0.15) is 43.0 Å². The lowest BCUT2D eigenvalue weighted by Gasteiger charge is -2.27. The van der Waals surface area contributed by atoms with Gasteiger partial charge >= 0.3 is 5.97 Å². The fourth-order valence-corrected chi connectivity index (χ4v) is 4.19. The highest BCUT2D eigenvalue weighted by atomic mass is 16.6. The van der Waals surface area contributed by atoms with E-state index in [1.165, 1.54) is 18.9 Å². The second-order valence-electron chi connectivity index (χ2n) is 9.13. The highest BCUT2D eigenvalue weighted by Gasteiger charge is 2.46. The van der Waals surface area contributed by atoms with Crippen LogP contribution in [0.5, 0.6) is 17.2 Å². The zero-order chi connectivity index (χ0) is 27.3. The smallest absolute Gasteiger partial charge is 0.308 e. The van der Waals surface area contributed by atoms with Gasteiger partial charge in [-0.05, 0) is 68.9 Å². The van der Waals surface area contributed by atoms with Crippen LogP contribution < -0.4 is 14.2 Å². The average Bonchev–Trinajstić information content (AvgIpc) is 3.10. The Kier molecular flexibility index (Phi) is 8.94. The van der Waals surface area contributed by atoms with E-state index in [9.17, 15) is 19.5 Å². The predicted molar refractivity (Wildman–Crippen MR) is 139 cm³/mol. The normalized spacial score (nSPS) is 16.8. The number of nitrogens with zero attached hydrogens (tertiary/aromatic N) is 2.